The number of ether oxygens (including phenoxy) is 3. The van der Waals surface area contributed by atoms with Gasteiger partial charge in [-0.1, -0.05) is 265 Å². The molecule has 0 saturated heterocycles. The van der Waals surface area contributed by atoms with Gasteiger partial charge < -0.3 is 14.2 Å². The molecule has 0 spiro atoms. The summed E-state index contributed by atoms with van der Waals surface area (Å²) in [7, 11) is 0. The summed E-state index contributed by atoms with van der Waals surface area (Å²) < 4.78 is 16.9. The lowest BCUT2D eigenvalue weighted by atomic mass is 10.0. The number of carbonyl (C=O) groups excluding carboxylic acids is 3. The standard InChI is InChI=1S/C69H116O6/c1-4-7-10-13-16-19-22-24-26-28-29-30-31-32-33-34-35-36-37-38-39-41-42-44-47-50-53-56-59-62-68(71)74-65-66(64-73-67(70)61-58-55-52-49-46-21-18-15-12-9-6-3)75-69(72)63-60-57-54-51-48-45-43-40-27-25-23-20-17-14-11-8-5-2/h7-8,10-11,15-20,24-27,29-30,43,45,66H,4-6,9,12-14,21-23,28,31-42,44,46-65H2,1-3H3/b10-7-,11-8-,18-15-,19-16-,20-17-,26-24-,27-25-,30-29-,45-43-. The van der Waals surface area contributed by atoms with Crippen LogP contribution >= 0.6 is 0 Å². The highest BCUT2D eigenvalue weighted by Crippen LogP contribution is 2.16. The number of esters is 3. The highest BCUT2D eigenvalue weighted by atomic mass is 16.6. The maximum atomic E-state index is 12.9. The molecule has 0 aliphatic rings. The molecular formula is C69H116O6. The van der Waals surface area contributed by atoms with E-state index in [2.05, 4.69) is 130 Å². The first kappa shape index (κ1) is 71.1. The Morgan fingerprint density at radius 2 is 0.520 bits per heavy atom. The molecule has 0 aromatic heterocycles. The molecule has 75 heavy (non-hydrogen) atoms. The van der Waals surface area contributed by atoms with Crippen LogP contribution < -0.4 is 0 Å². The Labute approximate surface area is 463 Å². The van der Waals surface area contributed by atoms with Crippen LogP contribution in [-0.2, 0) is 28.6 Å². The number of hydrogen-bond acceptors (Lipinski definition) is 6. The van der Waals surface area contributed by atoms with Gasteiger partial charge in [0.1, 0.15) is 13.2 Å². The van der Waals surface area contributed by atoms with Crippen molar-refractivity contribution in [2.75, 3.05) is 13.2 Å². The maximum absolute atomic E-state index is 12.9. The van der Waals surface area contributed by atoms with Gasteiger partial charge in [0.2, 0.25) is 0 Å². The average molecular weight is 1040 g/mol. The fraction of sp³-hybridized carbons (Fsp3) is 0.696. The molecule has 0 aromatic carbocycles. The zero-order chi connectivity index (χ0) is 54.3. The number of rotatable bonds is 56. The second-order valence-corrected chi connectivity index (χ2v) is 20.5. The molecule has 6 heteroatoms. The van der Waals surface area contributed by atoms with Crippen LogP contribution in [0.2, 0.25) is 0 Å². The van der Waals surface area contributed by atoms with Crippen LogP contribution in [0.15, 0.2) is 109 Å². The average Bonchev–Trinajstić information content (AvgIpc) is 3.41. The molecule has 0 bridgehead atoms. The summed E-state index contributed by atoms with van der Waals surface area (Å²) in [6.45, 7) is 6.36. The van der Waals surface area contributed by atoms with Gasteiger partial charge in [0, 0.05) is 19.3 Å². The molecule has 0 aliphatic heterocycles. The number of unbranched alkanes of at least 4 members (excludes halogenated alkanes) is 27. The predicted molar refractivity (Wildman–Crippen MR) is 325 cm³/mol. The van der Waals surface area contributed by atoms with E-state index in [1.54, 1.807) is 0 Å². The second kappa shape index (κ2) is 62.6. The third kappa shape index (κ3) is 60.8. The topological polar surface area (TPSA) is 78.9 Å². The monoisotopic (exact) mass is 1040 g/mol. The number of carbonyl (C=O) groups is 3. The minimum atomic E-state index is -0.795. The Balaban J connectivity index is 4.23. The zero-order valence-electron chi connectivity index (χ0n) is 49.0. The first-order chi connectivity index (χ1) is 37.0. The van der Waals surface area contributed by atoms with Gasteiger partial charge in [-0.05, 0) is 116 Å². The Kier molecular flexibility index (Phi) is 59.3. The molecule has 0 saturated carbocycles. The van der Waals surface area contributed by atoms with Crippen molar-refractivity contribution < 1.29 is 28.6 Å². The molecule has 0 heterocycles. The number of allylic oxidation sites excluding steroid dienone is 18. The molecule has 0 aliphatic carbocycles. The minimum absolute atomic E-state index is 0.0899. The molecule has 0 fully saturated rings. The fourth-order valence-electron chi connectivity index (χ4n) is 8.58. The summed E-state index contributed by atoms with van der Waals surface area (Å²) in [4.78, 5) is 38.2. The van der Waals surface area contributed by atoms with E-state index in [1.807, 2.05) is 0 Å². The van der Waals surface area contributed by atoms with E-state index in [9.17, 15) is 14.4 Å². The van der Waals surface area contributed by atoms with Crippen LogP contribution in [0.3, 0.4) is 0 Å². The van der Waals surface area contributed by atoms with Crippen molar-refractivity contribution in [1.29, 1.82) is 0 Å². The molecule has 0 amide bonds. The van der Waals surface area contributed by atoms with Crippen LogP contribution in [0.5, 0.6) is 0 Å². The van der Waals surface area contributed by atoms with Crippen molar-refractivity contribution in [1.82, 2.24) is 0 Å². The van der Waals surface area contributed by atoms with Gasteiger partial charge in [0.15, 0.2) is 6.10 Å². The van der Waals surface area contributed by atoms with Gasteiger partial charge >= 0.3 is 17.9 Å². The zero-order valence-corrected chi connectivity index (χ0v) is 49.0. The van der Waals surface area contributed by atoms with E-state index >= 15 is 0 Å². The van der Waals surface area contributed by atoms with E-state index in [-0.39, 0.29) is 31.1 Å². The van der Waals surface area contributed by atoms with Crippen LogP contribution in [0, 0.1) is 0 Å². The summed E-state index contributed by atoms with van der Waals surface area (Å²) in [6.07, 6.45) is 85.3. The summed E-state index contributed by atoms with van der Waals surface area (Å²) >= 11 is 0. The molecule has 428 valence electrons. The SMILES string of the molecule is CC/C=C\C/C=C\C/C=C\C/C=C\CCCCCCCCCCCCCCCCCCC(=O)OCC(COC(=O)CCCCCCC/C=C\CCCC)OC(=O)CCCCCC/C=C\C/C=C\C/C=C\C/C=C\CC. The Morgan fingerprint density at radius 1 is 0.280 bits per heavy atom. The largest absolute Gasteiger partial charge is 0.462 e. The molecule has 1 atom stereocenters. The van der Waals surface area contributed by atoms with Gasteiger partial charge in [0.25, 0.3) is 0 Å². The van der Waals surface area contributed by atoms with Gasteiger partial charge in [-0.3, -0.25) is 14.4 Å². The quantitative estimate of drug-likeness (QED) is 0.0261. The van der Waals surface area contributed by atoms with Gasteiger partial charge in [-0.25, -0.2) is 0 Å². The van der Waals surface area contributed by atoms with Crippen molar-refractivity contribution in [3.63, 3.8) is 0 Å². The van der Waals surface area contributed by atoms with Crippen molar-refractivity contribution in [2.24, 2.45) is 0 Å². The first-order valence-electron chi connectivity index (χ1n) is 31.4. The molecule has 0 rings (SSSR count). The van der Waals surface area contributed by atoms with Crippen molar-refractivity contribution in [2.45, 2.75) is 297 Å². The third-order valence-corrected chi connectivity index (χ3v) is 13.2. The van der Waals surface area contributed by atoms with E-state index in [4.69, 9.17) is 14.2 Å². The maximum Gasteiger partial charge on any atom is 0.306 e. The molecule has 0 N–H and O–H groups in total. The Morgan fingerprint density at radius 3 is 0.827 bits per heavy atom. The van der Waals surface area contributed by atoms with E-state index in [1.165, 1.54) is 122 Å². The van der Waals surface area contributed by atoms with Crippen molar-refractivity contribution in [3.05, 3.63) is 109 Å². The van der Waals surface area contributed by atoms with Crippen molar-refractivity contribution >= 4 is 17.9 Å². The van der Waals surface area contributed by atoms with E-state index in [0.29, 0.717) is 19.3 Å². The molecule has 6 nitrogen and oxygen atoms in total. The van der Waals surface area contributed by atoms with Gasteiger partial charge in [0.05, 0.1) is 0 Å². The minimum Gasteiger partial charge on any atom is -0.462 e. The molecule has 0 radical (unpaired) electrons. The van der Waals surface area contributed by atoms with Crippen molar-refractivity contribution in [3.8, 4) is 0 Å². The van der Waals surface area contributed by atoms with Gasteiger partial charge in [-0.2, -0.15) is 0 Å². The summed E-state index contributed by atoms with van der Waals surface area (Å²) in [5, 5.41) is 0. The predicted octanol–water partition coefficient (Wildman–Crippen LogP) is 21.4. The van der Waals surface area contributed by atoms with E-state index < -0.39 is 6.10 Å². The summed E-state index contributed by atoms with van der Waals surface area (Å²) in [5.41, 5.74) is 0. The van der Waals surface area contributed by atoms with Crippen LogP contribution in [0.1, 0.15) is 290 Å². The lowest BCUT2D eigenvalue weighted by molar-refractivity contribution is -0.167. The second-order valence-electron chi connectivity index (χ2n) is 20.5. The molecular weight excluding hydrogens is 925 g/mol. The normalized spacial score (nSPS) is 12.8. The van der Waals surface area contributed by atoms with Gasteiger partial charge in [-0.15, -0.1) is 0 Å². The lowest BCUT2D eigenvalue weighted by Crippen LogP contribution is -2.30. The third-order valence-electron chi connectivity index (χ3n) is 13.2. The summed E-state index contributed by atoms with van der Waals surface area (Å²) in [5.74, 6) is -0.919. The van der Waals surface area contributed by atoms with Crippen LogP contribution in [0.4, 0.5) is 0 Å². The fourth-order valence-corrected chi connectivity index (χ4v) is 8.58. The Bertz CT molecular complexity index is 1520. The first-order valence-corrected chi connectivity index (χ1v) is 31.4. The summed E-state index contributed by atoms with van der Waals surface area (Å²) in [6, 6.07) is 0. The van der Waals surface area contributed by atoms with Crippen LogP contribution in [0.25, 0.3) is 0 Å². The molecule has 0 aromatic rings. The number of hydrogen-bond donors (Lipinski definition) is 0. The lowest BCUT2D eigenvalue weighted by Gasteiger charge is -2.18. The van der Waals surface area contributed by atoms with Crippen LogP contribution in [-0.4, -0.2) is 37.2 Å². The highest BCUT2D eigenvalue weighted by molar-refractivity contribution is 5.71. The van der Waals surface area contributed by atoms with E-state index in [0.717, 1.165) is 128 Å². The highest BCUT2D eigenvalue weighted by Gasteiger charge is 2.19. The molecule has 1 unspecified atom stereocenters. The smallest absolute Gasteiger partial charge is 0.306 e. The Hall–Kier alpha value is -3.93.